The van der Waals surface area contributed by atoms with Crippen molar-refractivity contribution in [3.05, 3.63) is 41.2 Å². The number of rotatable bonds is 2. The van der Waals surface area contributed by atoms with Crippen molar-refractivity contribution < 1.29 is 9.53 Å². The van der Waals surface area contributed by atoms with Crippen LogP contribution >= 0.6 is 0 Å². The van der Waals surface area contributed by atoms with Gasteiger partial charge in [-0.3, -0.25) is 9.89 Å². The molecule has 2 aliphatic rings. The molecule has 1 amide bonds. The van der Waals surface area contributed by atoms with Crippen molar-refractivity contribution in [1.29, 1.82) is 0 Å². The van der Waals surface area contributed by atoms with Gasteiger partial charge in [0, 0.05) is 22.7 Å². The average Bonchev–Trinajstić information content (AvgIpc) is 3.11. The second-order valence-corrected chi connectivity index (χ2v) is 7.78. The monoisotopic (exact) mass is 325 g/mol. The molecule has 2 N–H and O–H groups in total. The third-order valence-corrected chi connectivity index (χ3v) is 5.19. The van der Waals surface area contributed by atoms with E-state index in [4.69, 9.17) is 4.74 Å². The summed E-state index contributed by atoms with van der Waals surface area (Å²) in [7, 11) is 0. The summed E-state index contributed by atoms with van der Waals surface area (Å²) in [6.07, 6.45) is 3.67. The van der Waals surface area contributed by atoms with E-state index >= 15 is 0 Å². The van der Waals surface area contributed by atoms with Crippen LogP contribution < -0.4 is 10.1 Å². The van der Waals surface area contributed by atoms with Crippen LogP contribution in [0.3, 0.4) is 0 Å². The number of hydrogen-bond acceptors (Lipinski definition) is 3. The number of fused-ring (bicyclic) bond motifs is 2. The number of benzene rings is 1. The molecule has 0 bridgehead atoms. The predicted octanol–water partition coefficient (Wildman–Crippen LogP) is 3.38. The lowest BCUT2D eigenvalue weighted by Crippen LogP contribution is -2.27. The quantitative estimate of drug-likeness (QED) is 0.889. The van der Waals surface area contributed by atoms with Gasteiger partial charge in [0.1, 0.15) is 5.75 Å². The first kappa shape index (κ1) is 15.2. The van der Waals surface area contributed by atoms with Gasteiger partial charge >= 0.3 is 0 Å². The van der Waals surface area contributed by atoms with Crippen molar-refractivity contribution in [2.24, 2.45) is 5.92 Å². The number of ether oxygens (including phenoxy) is 1. The molecule has 4 rings (SSSR count). The molecule has 1 aromatic heterocycles. The molecule has 2 atom stereocenters. The Morgan fingerprint density at radius 2 is 2.25 bits per heavy atom. The Labute approximate surface area is 141 Å². The van der Waals surface area contributed by atoms with Gasteiger partial charge in [0.15, 0.2) is 0 Å². The van der Waals surface area contributed by atoms with E-state index < -0.39 is 0 Å². The number of anilines is 1. The maximum absolute atomic E-state index is 12.8. The van der Waals surface area contributed by atoms with Crippen LogP contribution in [0.1, 0.15) is 49.9 Å². The highest BCUT2D eigenvalue weighted by atomic mass is 16.5. The fourth-order valence-corrected chi connectivity index (χ4v) is 3.85. The number of amides is 1. The molecule has 126 valence electrons. The summed E-state index contributed by atoms with van der Waals surface area (Å²) >= 11 is 0. The average molecular weight is 325 g/mol. The zero-order valence-corrected chi connectivity index (χ0v) is 14.3. The molecule has 5 heteroatoms. The highest BCUT2D eigenvalue weighted by Crippen LogP contribution is 2.40. The molecule has 1 aliphatic heterocycles. The number of aromatic nitrogens is 2. The first-order valence-corrected chi connectivity index (χ1v) is 8.54. The summed E-state index contributed by atoms with van der Waals surface area (Å²) in [5, 5.41) is 10.2. The molecule has 24 heavy (non-hydrogen) atoms. The third-order valence-electron chi connectivity index (χ3n) is 5.19. The van der Waals surface area contributed by atoms with Gasteiger partial charge in [0.2, 0.25) is 5.91 Å². The number of nitrogens with zero attached hydrogens (tertiary/aromatic N) is 1. The van der Waals surface area contributed by atoms with Crippen molar-refractivity contribution in [1.82, 2.24) is 10.2 Å². The third kappa shape index (κ3) is 2.48. The minimum Gasteiger partial charge on any atom is -0.492 e. The van der Waals surface area contributed by atoms with E-state index in [0.717, 1.165) is 35.5 Å². The molecular weight excluding hydrogens is 302 g/mol. The number of carbonyl (C=O) groups excluding carboxylic acids is 1. The molecule has 0 spiro atoms. The molecule has 0 radical (unpaired) electrons. The first-order chi connectivity index (χ1) is 11.4. The van der Waals surface area contributed by atoms with Crippen molar-refractivity contribution in [2.75, 3.05) is 11.9 Å². The summed E-state index contributed by atoms with van der Waals surface area (Å²) < 4.78 is 5.77. The molecule has 0 fully saturated rings. The van der Waals surface area contributed by atoms with Crippen LogP contribution in [-0.4, -0.2) is 22.7 Å². The fourth-order valence-electron chi connectivity index (χ4n) is 3.85. The normalized spacial score (nSPS) is 24.0. The van der Waals surface area contributed by atoms with Gasteiger partial charge < -0.3 is 10.1 Å². The molecule has 1 aliphatic carbocycles. The number of aromatic amines is 1. The Morgan fingerprint density at radius 3 is 3.08 bits per heavy atom. The minimum atomic E-state index is -0.170. The lowest BCUT2D eigenvalue weighted by molar-refractivity contribution is -0.118. The maximum Gasteiger partial charge on any atom is 0.233 e. The minimum absolute atomic E-state index is 0.0178. The zero-order chi connectivity index (χ0) is 16.9. The Morgan fingerprint density at radius 1 is 1.42 bits per heavy atom. The number of H-pyrrole nitrogens is 1. The summed E-state index contributed by atoms with van der Waals surface area (Å²) in [6.45, 7) is 7.19. The van der Waals surface area contributed by atoms with Crippen LogP contribution in [0.25, 0.3) is 0 Å². The van der Waals surface area contributed by atoms with E-state index in [1.54, 1.807) is 0 Å². The van der Waals surface area contributed by atoms with E-state index in [1.807, 2.05) is 18.3 Å². The van der Waals surface area contributed by atoms with Gasteiger partial charge in [-0.2, -0.15) is 5.10 Å². The Bertz CT molecular complexity index is 794. The smallest absolute Gasteiger partial charge is 0.233 e. The lowest BCUT2D eigenvalue weighted by atomic mass is 9.81. The van der Waals surface area contributed by atoms with Gasteiger partial charge in [-0.05, 0) is 30.4 Å². The highest BCUT2D eigenvalue weighted by molar-refractivity contribution is 5.96. The van der Waals surface area contributed by atoms with Gasteiger partial charge in [-0.15, -0.1) is 0 Å². The van der Waals surface area contributed by atoms with Crippen LogP contribution in [0.2, 0.25) is 0 Å². The largest absolute Gasteiger partial charge is 0.492 e. The van der Waals surface area contributed by atoms with Gasteiger partial charge in [-0.25, -0.2) is 0 Å². The van der Waals surface area contributed by atoms with Crippen molar-refractivity contribution in [3.63, 3.8) is 0 Å². The molecular formula is C19H23N3O2. The van der Waals surface area contributed by atoms with E-state index in [2.05, 4.69) is 42.4 Å². The van der Waals surface area contributed by atoms with Crippen LogP contribution in [0.5, 0.6) is 5.75 Å². The van der Waals surface area contributed by atoms with Gasteiger partial charge in [-0.1, -0.05) is 26.8 Å². The van der Waals surface area contributed by atoms with Gasteiger partial charge in [0.25, 0.3) is 0 Å². The van der Waals surface area contributed by atoms with Crippen molar-refractivity contribution in [2.45, 2.75) is 44.9 Å². The van der Waals surface area contributed by atoms with E-state index in [9.17, 15) is 4.79 Å². The van der Waals surface area contributed by atoms with Crippen LogP contribution in [-0.2, 0) is 16.6 Å². The number of nitrogens with one attached hydrogen (secondary N) is 2. The SMILES string of the molecule is CC1Cc2cn[nH]c2C(C(=O)Nc2ccc3c(c2)OCC3(C)C)C1. The highest BCUT2D eigenvalue weighted by Gasteiger charge is 2.33. The summed E-state index contributed by atoms with van der Waals surface area (Å²) in [4.78, 5) is 12.8. The van der Waals surface area contributed by atoms with Crippen LogP contribution in [0.4, 0.5) is 5.69 Å². The van der Waals surface area contributed by atoms with E-state index in [-0.39, 0.29) is 17.2 Å². The molecule has 1 aromatic carbocycles. The molecule has 2 aromatic rings. The Hall–Kier alpha value is -2.30. The second-order valence-electron chi connectivity index (χ2n) is 7.78. The standard InChI is InChI=1S/C19H23N3O2/c1-11-6-12-9-20-22-17(12)14(7-11)18(23)21-13-4-5-15-16(8-13)24-10-19(15,2)3/h4-5,8-9,11,14H,6-7,10H2,1-3H3,(H,20,22)(H,21,23). The predicted molar refractivity (Wildman–Crippen MR) is 92.4 cm³/mol. The first-order valence-electron chi connectivity index (χ1n) is 8.54. The number of hydrogen-bond donors (Lipinski definition) is 2. The van der Waals surface area contributed by atoms with E-state index in [0.29, 0.717) is 12.5 Å². The Balaban J connectivity index is 1.56. The topological polar surface area (TPSA) is 67.0 Å². The fraction of sp³-hybridized carbons (Fsp3) is 0.474. The van der Waals surface area contributed by atoms with Crippen molar-refractivity contribution >= 4 is 11.6 Å². The number of carbonyl (C=O) groups is 1. The summed E-state index contributed by atoms with van der Waals surface area (Å²) in [5.41, 5.74) is 4.14. The van der Waals surface area contributed by atoms with E-state index in [1.165, 1.54) is 5.56 Å². The molecule has 0 saturated heterocycles. The molecule has 0 saturated carbocycles. The summed E-state index contributed by atoms with van der Waals surface area (Å²) in [6, 6.07) is 5.96. The Kier molecular flexibility index (Phi) is 3.41. The molecule has 5 nitrogen and oxygen atoms in total. The van der Waals surface area contributed by atoms with Crippen LogP contribution in [0, 0.1) is 5.92 Å². The van der Waals surface area contributed by atoms with Crippen molar-refractivity contribution in [3.8, 4) is 5.75 Å². The molecule has 2 unspecified atom stereocenters. The maximum atomic E-state index is 12.8. The second kappa shape index (κ2) is 5.36. The molecule has 2 heterocycles. The van der Waals surface area contributed by atoms with Gasteiger partial charge in [0.05, 0.1) is 24.4 Å². The lowest BCUT2D eigenvalue weighted by Gasteiger charge is -2.25. The van der Waals surface area contributed by atoms with Crippen LogP contribution in [0.15, 0.2) is 24.4 Å². The summed E-state index contributed by atoms with van der Waals surface area (Å²) in [5.74, 6) is 1.20. The zero-order valence-electron chi connectivity index (χ0n) is 14.3.